The van der Waals surface area contributed by atoms with Crippen LogP contribution in [0.2, 0.25) is 0 Å². The number of benzene rings is 3. The standard InChI is InChI=1S/C27H18N4O/c28-18-23-26-22(16-17-31(23)27(32)21-14-8-3-9-15-21)29-24(19-10-4-1-5-11-19)25(30-26)20-12-6-2-7-13-20/h1-17,23H. The smallest absolute Gasteiger partial charge is 0.259 e. The van der Waals surface area contributed by atoms with E-state index in [2.05, 4.69) is 6.07 Å². The molecule has 1 amide bonds. The van der Waals surface area contributed by atoms with Crippen LogP contribution in [0.4, 0.5) is 0 Å². The van der Waals surface area contributed by atoms with Crippen LogP contribution in [0.5, 0.6) is 0 Å². The van der Waals surface area contributed by atoms with E-state index >= 15 is 0 Å². The van der Waals surface area contributed by atoms with Crippen LogP contribution in [0.15, 0.2) is 97.2 Å². The van der Waals surface area contributed by atoms with Crippen molar-refractivity contribution in [3.05, 3.63) is 114 Å². The first-order valence-electron chi connectivity index (χ1n) is 10.2. The van der Waals surface area contributed by atoms with Gasteiger partial charge >= 0.3 is 0 Å². The molecule has 0 saturated heterocycles. The zero-order valence-electron chi connectivity index (χ0n) is 17.1. The van der Waals surface area contributed by atoms with E-state index in [1.54, 1.807) is 36.5 Å². The average molecular weight is 414 g/mol. The van der Waals surface area contributed by atoms with E-state index in [1.165, 1.54) is 4.90 Å². The van der Waals surface area contributed by atoms with Crippen molar-refractivity contribution >= 4 is 12.0 Å². The summed E-state index contributed by atoms with van der Waals surface area (Å²) in [4.78, 5) is 24.3. The monoisotopic (exact) mass is 414 g/mol. The van der Waals surface area contributed by atoms with Crippen LogP contribution in [-0.2, 0) is 0 Å². The number of fused-ring (bicyclic) bond motifs is 1. The summed E-state index contributed by atoms with van der Waals surface area (Å²) in [5.74, 6) is -0.255. The summed E-state index contributed by atoms with van der Waals surface area (Å²) in [6.07, 6.45) is 3.37. The molecule has 1 atom stereocenters. The summed E-state index contributed by atoms with van der Waals surface area (Å²) in [6, 6.07) is 29.9. The quantitative estimate of drug-likeness (QED) is 0.444. The Kier molecular flexibility index (Phi) is 5.03. The normalized spacial score (nSPS) is 14.5. The van der Waals surface area contributed by atoms with E-state index in [9.17, 15) is 10.1 Å². The molecule has 0 aliphatic carbocycles. The third kappa shape index (κ3) is 3.44. The molecule has 152 valence electrons. The Morgan fingerprint density at radius 2 is 1.31 bits per heavy atom. The molecule has 1 aliphatic rings. The van der Waals surface area contributed by atoms with Gasteiger partial charge in [-0.15, -0.1) is 0 Å². The largest absolute Gasteiger partial charge is 0.293 e. The summed E-state index contributed by atoms with van der Waals surface area (Å²) < 4.78 is 0. The van der Waals surface area contributed by atoms with Crippen LogP contribution in [-0.4, -0.2) is 20.8 Å². The second kappa shape index (κ2) is 8.29. The summed E-state index contributed by atoms with van der Waals surface area (Å²) in [5, 5.41) is 10.0. The maximum atomic E-state index is 13.1. The molecule has 0 radical (unpaired) electrons. The van der Waals surface area contributed by atoms with Gasteiger partial charge < -0.3 is 0 Å². The molecule has 0 fully saturated rings. The van der Waals surface area contributed by atoms with Crippen molar-refractivity contribution in [3.63, 3.8) is 0 Å². The molecule has 1 unspecified atom stereocenters. The fraction of sp³-hybridized carbons (Fsp3) is 0.0370. The van der Waals surface area contributed by atoms with Gasteiger partial charge in [-0.25, -0.2) is 9.97 Å². The minimum Gasteiger partial charge on any atom is -0.293 e. The highest BCUT2D eigenvalue weighted by molar-refractivity contribution is 5.96. The lowest BCUT2D eigenvalue weighted by Crippen LogP contribution is -2.33. The predicted octanol–water partition coefficient (Wildman–Crippen LogP) is 5.50. The molecule has 5 heteroatoms. The lowest BCUT2D eigenvalue weighted by atomic mass is 10.0. The van der Waals surface area contributed by atoms with E-state index in [0.29, 0.717) is 22.6 Å². The van der Waals surface area contributed by atoms with Crippen molar-refractivity contribution < 1.29 is 4.79 Å². The van der Waals surface area contributed by atoms with Gasteiger partial charge in [0, 0.05) is 22.9 Å². The second-order valence-corrected chi connectivity index (χ2v) is 7.35. The molecule has 1 aliphatic heterocycles. The van der Waals surface area contributed by atoms with E-state index in [-0.39, 0.29) is 5.91 Å². The first-order valence-corrected chi connectivity index (χ1v) is 10.2. The Labute approximate surface area is 185 Å². The van der Waals surface area contributed by atoms with Gasteiger partial charge in [0.1, 0.15) is 5.69 Å². The van der Waals surface area contributed by atoms with Gasteiger partial charge in [-0.3, -0.25) is 9.69 Å². The number of carbonyl (C=O) groups excluding carboxylic acids is 1. The highest BCUT2D eigenvalue weighted by Crippen LogP contribution is 2.35. The molecule has 4 aromatic rings. The lowest BCUT2D eigenvalue weighted by Gasteiger charge is -2.28. The molecule has 0 saturated carbocycles. The SMILES string of the molecule is N#CC1c2nc(-c3ccccc3)c(-c3ccccc3)nc2C=CN1C(=O)c1ccccc1. The van der Waals surface area contributed by atoms with E-state index in [1.807, 2.05) is 66.7 Å². The van der Waals surface area contributed by atoms with Crippen LogP contribution < -0.4 is 0 Å². The number of nitrogens with zero attached hydrogens (tertiary/aromatic N) is 4. The number of aromatic nitrogens is 2. The maximum absolute atomic E-state index is 13.1. The van der Waals surface area contributed by atoms with Gasteiger partial charge in [0.05, 0.1) is 23.2 Å². The summed E-state index contributed by atoms with van der Waals surface area (Å²) in [7, 11) is 0. The van der Waals surface area contributed by atoms with Crippen molar-refractivity contribution in [1.82, 2.24) is 14.9 Å². The van der Waals surface area contributed by atoms with E-state index in [0.717, 1.165) is 16.8 Å². The molecule has 0 spiro atoms. The fourth-order valence-corrected chi connectivity index (χ4v) is 3.79. The molecule has 0 N–H and O–H groups in total. The third-order valence-corrected chi connectivity index (χ3v) is 5.35. The van der Waals surface area contributed by atoms with E-state index in [4.69, 9.17) is 9.97 Å². The Morgan fingerprint density at radius 1 is 0.781 bits per heavy atom. The van der Waals surface area contributed by atoms with Crippen molar-refractivity contribution in [1.29, 1.82) is 5.26 Å². The number of carbonyl (C=O) groups is 1. The van der Waals surface area contributed by atoms with Gasteiger partial charge in [0.2, 0.25) is 0 Å². The number of rotatable bonds is 3. The van der Waals surface area contributed by atoms with Gasteiger partial charge in [-0.05, 0) is 18.2 Å². The first kappa shape index (κ1) is 19.4. The van der Waals surface area contributed by atoms with Crippen LogP contribution in [0, 0.1) is 11.3 Å². The predicted molar refractivity (Wildman–Crippen MR) is 123 cm³/mol. The lowest BCUT2D eigenvalue weighted by molar-refractivity contribution is 0.0792. The molecule has 3 aromatic carbocycles. The van der Waals surface area contributed by atoms with Crippen molar-refractivity contribution in [2.45, 2.75) is 6.04 Å². The molecule has 32 heavy (non-hydrogen) atoms. The number of amides is 1. The molecule has 5 nitrogen and oxygen atoms in total. The van der Waals surface area contributed by atoms with Gasteiger partial charge in [-0.1, -0.05) is 78.9 Å². The first-order chi connectivity index (χ1) is 15.8. The minimum absolute atomic E-state index is 0.255. The fourth-order valence-electron chi connectivity index (χ4n) is 3.79. The topological polar surface area (TPSA) is 69.9 Å². The minimum atomic E-state index is -0.873. The molecule has 2 heterocycles. The van der Waals surface area contributed by atoms with Crippen LogP contribution in [0.1, 0.15) is 27.8 Å². The Bertz CT molecular complexity index is 1340. The van der Waals surface area contributed by atoms with E-state index < -0.39 is 6.04 Å². The van der Waals surface area contributed by atoms with Gasteiger partial charge in [0.25, 0.3) is 5.91 Å². The molecule has 0 bridgehead atoms. The second-order valence-electron chi connectivity index (χ2n) is 7.35. The van der Waals surface area contributed by atoms with Crippen LogP contribution in [0.25, 0.3) is 28.6 Å². The van der Waals surface area contributed by atoms with Crippen LogP contribution >= 0.6 is 0 Å². The average Bonchev–Trinajstić information content (AvgIpc) is 2.88. The summed E-state index contributed by atoms with van der Waals surface area (Å²) >= 11 is 0. The number of hydrogen-bond acceptors (Lipinski definition) is 4. The molecular formula is C27H18N4O. The zero-order valence-corrected chi connectivity index (χ0v) is 17.1. The van der Waals surface area contributed by atoms with Crippen molar-refractivity contribution in [3.8, 4) is 28.6 Å². The highest BCUT2D eigenvalue weighted by Gasteiger charge is 2.32. The molecular weight excluding hydrogens is 396 g/mol. The molecule has 1 aromatic heterocycles. The summed E-state index contributed by atoms with van der Waals surface area (Å²) in [5.41, 5.74) is 4.82. The summed E-state index contributed by atoms with van der Waals surface area (Å²) in [6.45, 7) is 0. The number of hydrogen-bond donors (Lipinski definition) is 0. The Balaban J connectivity index is 1.67. The third-order valence-electron chi connectivity index (χ3n) is 5.35. The zero-order chi connectivity index (χ0) is 21.9. The Morgan fingerprint density at radius 3 is 1.88 bits per heavy atom. The molecule has 5 rings (SSSR count). The maximum Gasteiger partial charge on any atom is 0.259 e. The van der Waals surface area contributed by atoms with Crippen molar-refractivity contribution in [2.75, 3.05) is 0 Å². The highest BCUT2D eigenvalue weighted by atomic mass is 16.2. The Hall–Kier alpha value is -4.56. The number of nitriles is 1. The van der Waals surface area contributed by atoms with Crippen LogP contribution in [0.3, 0.4) is 0 Å². The van der Waals surface area contributed by atoms with Gasteiger partial charge in [-0.2, -0.15) is 5.26 Å². The van der Waals surface area contributed by atoms with Crippen molar-refractivity contribution in [2.24, 2.45) is 0 Å². The van der Waals surface area contributed by atoms with Gasteiger partial charge in [0.15, 0.2) is 6.04 Å².